The van der Waals surface area contributed by atoms with Crippen LogP contribution in [-0.2, 0) is 12.8 Å². The van der Waals surface area contributed by atoms with Crippen LogP contribution in [0.2, 0.25) is 0 Å². The summed E-state index contributed by atoms with van der Waals surface area (Å²) < 4.78 is 0. The Balaban J connectivity index is 1.59. The van der Waals surface area contributed by atoms with Gasteiger partial charge in [0.05, 0.1) is 0 Å². The van der Waals surface area contributed by atoms with Crippen molar-refractivity contribution in [1.82, 2.24) is 0 Å². The fourth-order valence-electron chi connectivity index (χ4n) is 5.47. The van der Waals surface area contributed by atoms with Crippen LogP contribution in [0.4, 0.5) is 0 Å². The summed E-state index contributed by atoms with van der Waals surface area (Å²) in [6.07, 6.45) is 15.8. The minimum Gasteiger partial charge on any atom is -0.289 e. The molecule has 0 saturated heterocycles. The molecule has 0 aliphatic heterocycles. The Morgan fingerprint density at radius 1 is 0.605 bits per heavy atom. The lowest BCUT2D eigenvalue weighted by Gasteiger charge is -2.19. The molecule has 0 fully saturated rings. The van der Waals surface area contributed by atoms with Crippen LogP contribution in [0.25, 0.3) is 0 Å². The molecule has 0 bridgehead atoms. The first-order chi connectivity index (χ1) is 18.2. The standard InChI is InChI=1S/C36H48O2/c1-25(2)11-7-13-27(5)15-9-17-29-19-21-31-33(23-29)36(38)34-24-30(20-22-32(34)35(31)37)18-10-16-28(6)14-8-12-26(3)4/h11-12,19-24,27-28H,7-10,13-18H2,1-6H3. The SMILES string of the molecule is CC(C)=CCCC(C)CCCc1ccc2c(c1)C(=O)c1cc(CCCC(C)CCC=C(C)C)ccc1C2=O. The lowest BCUT2D eigenvalue weighted by Crippen LogP contribution is -2.21. The summed E-state index contributed by atoms with van der Waals surface area (Å²) >= 11 is 0. The Morgan fingerprint density at radius 2 is 1.00 bits per heavy atom. The highest BCUT2D eigenvalue weighted by molar-refractivity contribution is 6.28. The van der Waals surface area contributed by atoms with E-state index in [2.05, 4.69) is 53.7 Å². The maximum atomic E-state index is 13.5. The lowest BCUT2D eigenvalue weighted by atomic mass is 9.82. The van der Waals surface area contributed by atoms with Crippen LogP contribution in [0.1, 0.15) is 136 Å². The predicted molar refractivity (Wildman–Crippen MR) is 161 cm³/mol. The minimum absolute atomic E-state index is 0.00322. The van der Waals surface area contributed by atoms with Gasteiger partial charge >= 0.3 is 0 Å². The zero-order chi connectivity index (χ0) is 27.7. The molecular weight excluding hydrogens is 464 g/mol. The van der Waals surface area contributed by atoms with Crippen LogP contribution in [-0.4, -0.2) is 11.6 Å². The lowest BCUT2D eigenvalue weighted by molar-refractivity contribution is 0.0979. The molecule has 38 heavy (non-hydrogen) atoms. The van der Waals surface area contributed by atoms with Crippen LogP contribution in [0.3, 0.4) is 0 Å². The summed E-state index contributed by atoms with van der Waals surface area (Å²) in [5, 5.41) is 0. The van der Waals surface area contributed by atoms with Gasteiger partial charge in [-0.15, -0.1) is 0 Å². The summed E-state index contributed by atoms with van der Waals surface area (Å²) in [6, 6.07) is 11.8. The Bertz CT molecular complexity index is 1080. The summed E-state index contributed by atoms with van der Waals surface area (Å²) in [6.45, 7) is 13.3. The molecule has 2 unspecified atom stereocenters. The molecule has 0 saturated carbocycles. The number of rotatable bonds is 14. The Hall–Kier alpha value is -2.74. The van der Waals surface area contributed by atoms with Crippen LogP contribution in [0, 0.1) is 11.8 Å². The summed E-state index contributed by atoms with van der Waals surface area (Å²) in [5.41, 5.74) is 7.37. The molecule has 0 amide bonds. The largest absolute Gasteiger partial charge is 0.289 e. The quantitative estimate of drug-likeness (QED) is 0.201. The summed E-state index contributed by atoms with van der Waals surface area (Å²) in [7, 11) is 0. The zero-order valence-electron chi connectivity index (χ0n) is 24.7. The van der Waals surface area contributed by atoms with Crippen molar-refractivity contribution in [3.8, 4) is 0 Å². The Morgan fingerprint density at radius 3 is 1.39 bits per heavy atom. The number of hydrogen-bond donors (Lipinski definition) is 0. The van der Waals surface area contributed by atoms with Crippen LogP contribution >= 0.6 is 0 Å². The van der Waals surface area contributed by atoms with Crippen molar-refractivity contribution in [1.29, 1.82) is 0 Å². The normalized spacial score (nSPS) is 13.9. The molecule has 2 atom stereocenters. The average Bonchev–Trinajstić information content (AvgIpc) is 2.86. The van der Waals surface area contributed by atoms with Crippen molar-refractivity contribution < 1.29 is 9.59 Å². The van der Waals surface area contributed by atoms with Crippen LogP contribution in [0.15, 0.2) is 59.7 Å². The molecule has 2 aromatic rings. The summed E-state index contributed by atoms with van der Waals surface area (Å²) in [4.78, 5) is 26.7. The van der Waals surface area contributed by atoms with E-state index in [-0.39, 0.29) is 11.6 Å². The molecule has 1 aliphatic carbocycles. The maximum absolute atomic E-state index is 13.5. The third-order valence-electron chi connectivity index (χ3n) is 7.90. The second-order valence-electron chi connectivity index (χ2n) is 12.1. The third-order valence-corrected chi connectivity index (χ3v) is 7.90. The monoisotopic (exact) mass is 512 g/mol. The second-order valence-corrected chi connectivity index (χ2v) is 12.1. The fraction of sp³-hybridized carbons (Fsp3) is 0.500. The fourth-order valence-corrected chi connectivity index (χ4v) is 5.47. The Kier molecular flexibility index (Phi) is 11.3. The number of benzene rings is 2. The molecule has 2 aromatic carbocycles. The third kappa shape index (κ3) is 8.65. The van der Waals surface area contributed by atoms with Gasteiger partial charge in [0.1, 0.15) is 0 Å². The maximum Gasteiger partial charge on any atom is 0.194 e. The van der Waals surface area contributed by atoms with Crippen molar-refractivity contribution in [3.05, 3.63) is 93.1 Å². The van der Waals surface area contributed by atoms with Gasteiger partial charge in [0.25, 0.3) is 0 Å². The van der Waals surface area contributed by atoms with E-state index >= 15 is 0 Å². The van der Waals surface area contributed by atoms with E-state index in [0.717, 1.165) is 49.7 Å². The van der Waals surface area contributed by atoms with Crippen molar-refractivity contribution in [2.24, 2.45) is 11.8 Å². The number of allylic oxidation sites excluding steroid dienone is 4. The van der Waals surface area contributed by atoms with Gasteiger partial charge in [-0.05, 0) is 114 Å². The first-order valence-corrected chi connectivity index (χ1v) is 14.8. The molecule has 2 heteroatoms. The van der Waals surface area contributed by atoms with E-state index in [9.17, 15) is 9.59 Å². The summed E-state index contributed by atoms with van der Waals surface area (Å²) in [5.74, 6) is 1.37. The molecule has 0 spiro atoms. The van der Waals surface area contributed by atoms with Crippen LogP contribution < -0.4 is 0 Å². The van der Waals surface area contributed by atoms with E-state index < -0.39 is 0 Å². The average molecular weight is 513 g/mol. The molecular formula is C36H48O2. The molecule has 1 aliphatic rings. The molecule has 0 aromatic heterocycles. The van der Waals surface area contributed by atoms with Gasteiger partial charge in [0.15, 0.2) is 11.6 Å². The van der Waals surface area contributed by atoms with Gasteiger partial charge in [-0.1, -0.05) is 74.3 Å². The van der Waals surface area contributed by atoms with Crippen LogP contribution in [0.5, 0.6) is 0 Å². The van der Waals surface area contributed by atoms with Gasteiger partial charge in [0, 0.05) is 22.3 Å². The number of hydrogen-bond acceptors (Lipinski definition) is 2. The molecule has 204 valence electrons. The number of fused-ring (bicyclic) bond motifs is 2. The molecule has 0 heterocycles. The van der Waals surface area contributed by atoms with E-state index in [1.807, 2.05) is 36.4 Å². The Labute approximate surface area is 231 Å². The van der Waals surface area contributed by atoms with Gasteiger partial charge in [0.2, 0.25) is 0 Å². The smallest absolute Gasteiger partial charge is 0.194 e. The first-order valence-electron chi connectivity index (χ1n) is 14.8. The highest BCUT2D eigenvalue weighted by Crippen LogP contribution is 2.30. The highest BCUT2D eigenvalue weighted by Gasteiger charge is 2.30. The van der Waals surface area contributed by atoms with Gasteiger partial charge in [-0.2, -0.15) is 0 Å². The molecule has 0 N–H and O–H groups in total. The number of aryl methyl sites for hydroxylation is 2. The van der Waals surface area contributed by atoms with E-state index in [1.165, 1.54) is 36.8 Å². The zero-order valence-corrected chi connectivity index (χ0v) is 24.7. The van der Waals surface area contributed by atoms with Crippen molar-refractivity contribution in [2.45, 2.75) is 106 Å². The topological polar surface area (TPSA) is 34.1 Å². The number of ketones is 2. The van der Waals surface area contributed by atoms with Gasteiger partial charge < -0.3 is 0 Å². The predicted octanol–water partition coefficient (Wildman–Crippen LogP) is 9.87. The highest BCUT2D eigenvalue weighted by atomic mass is 16.1. The minimum atomic E-state index is -0.0199. The van der Waals surface area contributed by atoms with Crippen molar-refractivity contribution in [3.63, 3.8) is 0 Å². The first kappa shape index (κ1) is 29.8. The van der Waals surface area contributed by atoms with Crippen molar-refractivity contribution in [2.75, 3.05) is 0 Å². The molecule has 2 nitrogen and oxygen atoms in total. The van der Waals surface area contributed by atoms with Gasteiger partial charge in [-0.25, -0.2) is 0 Å². The number of carbonyl (C=O) groups excluding carboxylic acids is 2. The van der Waals surface area contributed by atoms with Gasteiger partial charge in [-0.3, -0.25) is 9.59 Å². The molecule has 3 rings (SSSR count). The molecule has 0 radical (unpaired) electrons. The van der Waals surface area contributed by atoms with Crippen molar-refractivity contribution >= 4 is 11.6 Å². The second kappa shape index (κ2) is 14.4. The van der Waals surface area contributed by atoms with E-state index in [0.29, 0.717) is 34.1 Å². The number of carbonyl (C=O) groups is 2. The van der Waals surface area contributed by atoms with E-state index in [1.54, 1.807) is 0 Å². The van der Waals surface area contributed by atoms with E-state index in [4.69, 9.17) is 0 Å².